The molecule has 0 saturated heterocycles. The first kappa shape index (κ1) is 7.08. The highest BCUT2D eigenvalue weighted by Crippen LogP contribution is 2.09. The van der Waals surface area contributed by atoms with Gasteiger partial charge in [0.05, 0.1) is 0 Å². The molecule has 0 aliphatic carbocycles. The maximum Gasteiger partial charge on any atom is 0.300 e. The number of hydrogen-bond donors (Lipinski definition) is 0. The molecule has 1 heterocycles. The van der Waals surface area contributed by atoms with Gasteiger partial charge in [0.15, 0.2) is 0 Å². The molecule has 0 radical (unpaired) electrons. The smallest absolute Gasteiger partial charge is 0.300 e. The summed E-state index contributed by atoms with van der Waals surface area (Å²) >= 11 is 1.26. The molecule has 0 unspecified atom stereocenters. The van der Waals surface area contributed by atoms with E-state index < -0.39 is 0 Å². The number of thioether (sulfide) groups is 1. The second-order valence-electron chi connectivity index (χ2n) is 1.40. The quantitative estimate of drug-likeness (QED) is 0.535. The summed E-state index contributed by atoms with van der Waals surface area (Å²) in [5.74, 6) is 0. The molecular formula is C6H5NO2S. The Morgan fingerprint density at radius 3 is 3.30 bits per heavy atom. The number of ether oxygens (including phenoxy) is 1. The summed E-state index contributed by atoms with van der Waals surface area (Å²) in [6.07, 6.45) is 5.14. The van der Waals surface area contributed by atoms with Crippen LogP contribution < -0.4 is 0 Å². The third-order valence-electron chi connectivity index (χ3n) is 0.773. The van der Waals surface area contributed by atoms with E-state index in [2.05, 4.69) is 9.73 Å². The van der Waals surface area contributed by atoms with E-state index in [-0.39, 0.29) is 0 Å². The van der Waals surface area contributed by atoms with E-state index in [1.54, 1.807) is 17.7 Å². The number of carbonyl (C=O) groups excluding carboxylic acids is 1. The van der Waals surface area contributed by atoms with Crippen molar-refractivity contribution in [1.82, 2.24) is 0 Å². The van der Waals surface area contributed by atoms with Gasteiger partial charge in [0.25, 0.3) is 11.7 Å². The standard InChI is InChI=1S/C6H5NO2S/c8-5-9-6-7-3-1-2-4-10-6/h1-5H. The molecule has 0 saturated carbocycles. The van der Waals surface area contributed by atoms with Crippen molar-refractivity contribution in [1.29, 1.82) is 0 Å². The highest BCUT2D eigenvalue weighted by Gasteiger charge is 1.96. The molecule has 0 spiro atoms. The highest BCUT2D eigenvalue weighted by atomic mass is 32.2. The third kappa shape index (κ3) is 2.06. The minimum atomic E-state index is 0.347. The Morgan fingerprint density at radius 1 is 1.60 bits per heavy atom. The number of carbonyl (C=O) groups is 1. The summed E-state index contributed by atoms with van der Waals surface area (Å²) in [5, 5.41) is 2.13. The van der Waals surface area contributed by atoms with Crippen molar-refractivity contribution in [3.8, 4) is 0 Å². The maximum absolute atomic E-state index is 9.82. The van der Waals surface area contributed by atoms with Gasteiger partial charge in [-0.05, 0) is 23.2 Å². The van der Waals surface area contributed by atoms with Crippen LogP contribution >= 0.6 is 11.8 Å². The molecule has 0 amide bonds. The van der Waals surface area contributed by atoms with Crippen LogP contribution in [0, 0.1) is 0 Å². The van der Waals surface area contributed by atoms with Gasteiger partial charge in [-0.15, -0.1) is 0 Å². The minimum absolute atomic E-state index is 0.347. The fourth-order valence-corrected chi connectivity index (χ4v) is 0.928. The largest absolute Gasteiger partial charge is 0.403 e. The monoisotopic (exact) mass is 155 g/mol. The maximum atomic E-state index is 9.82. The average molecular weight is 155 g/mol. The lowest BCUT2D eigenvalue weighted by Gasteiger charge is -1.93. The van der Waals surface area contributed by atoms with Gasteiger partial charge in [-0.2, -0.15) is 0 Å². The first-order chi connectivity index (χ1) is 4.93. The van der Waals surface area contributed by atoms with Crippen molar-refractivity contribution in [2.75, 3.05) is 0 Å². The number of rotatable bonds is 1. The predicted molar refractivity (Wildman–Crippen MR) is 40.5 cm³/mol. The van der Waals surface area contributed by atoms with Crippen LogP contribution in [0.2, 0.25) is 0 Å². The molecule has 1 aliphatic heterocycles. The van der Waals surface area contributed by atoms with Crippen LogP contribution in [0.3, 0.4) is 0 Å². The van der Waals surface area contributed by atoms with Crippen LogP contribution in [0.5, 0.6) is 0 Å². The van der Waals surface area contributed by atoms with Crippen molar-refractivity contribution < 1.29 is 9.53 Å². The summed E-state index contributed by atoms with van der Waals surface area (Å²) in [6, 6.07) is 0. The Labute approximate surface area is 62.5 Å². The van der Waals surface area contributed by atoms with E-state index in [0.29, 0.717) is 11.7 Å². The number of nitrogens with zero attached hydrogens (tertiary/aromatic N) is 1. The van der Waals surface area contributed by atoms with Gasteiger partial charge in [0.1, 0.15) is 0 Å². The van der Waals surface area contributed by atoms with E-state index in [9.17, 15) is 4.79 Å². The van der Waals surface area contributed by atoms with Crippen molar-refractivity contribution in [2.45, 2.75) is 0 Å². The zero-order valence-corrected chi connectivity index (χ0v) is 5.88. The Morgan fingerprint density at radius 2 is 2.50 bits per heavy atom. The Bertz CT molecular complexity index is 208. The van der Waals surface area contributed by atoms with E-state index in [1.807, 2.05) is 6.08 Å². The molecule has 4 heteroatoms. The molecule has 3 nitrogen and oxygen atoms in total. The van der Waals surface area contributed by atoms with Gasteiger partial charge in [-0.1, -0.05) is 6.08 Å². The fraction of sp³-hybridized carbons (Fsp3) is 0. The Kier molecular flexibility index (Phi) is 2.76. The van der Waals surface area contributed by atoms with Crippen LogP contribution in [0.15, 0.2) is 28.8 Å². The third-order valence-corrected chi connectivity index (χ3v) is 1.47. The van der Waals surface area contributed by atoms with Crippen LogP contribution in [-0.2, 0) is 9.53 Å². The van der Waals surface area contributed by atoms with Crippen LogP contribution in [-0.4, -0.2) is 11.7 Å². The molecule has 10 heavy (non-hydrogen) atoms. The van der Waals surface area contributed by atoms with Crippen LogP contribution in [0.4, 0.5) is 0 Å². The number of hydrogen-bond acceptors (Lipinski definition) is 4. The van der Waals surface area contributed by atoms with Crippen LogP contribution in [0.1, 0.15) is 0 Å². The Hall–Kier alpha value is -1.03. The van der Waals surface area contributed by atoms with Crippen molar-refractivity contribution in [3.05, 3.63) is 23.8 Å². The first-order valence-electron chi connectivity index (χ1n) is 2.60. The lowest BCUT2D eigenvalue weighted by molar-refractivity contribution is -0.121. The van der Waals surface area contributed by atoms with Crippen molar-refractivity contribution in [3.63, 3.8) is 0 Å². The first-order valence-corrected chi connectivity index (χ1v) is 3.48. The minimum Gasteiger partial charge on any atom is -0.403 e. The normalized spacial score (nSPS) is 15.8. The van der Waals surface area contributed by atoms with Gasteiger partial charge in [-0.25, -0.2) is 4.99 Å². The van der Waals surface area contributed by atoms with Gasteiger partial charge < -0.3 is 4.74 Å². The van der Waals surface area contributed by atoms with Crippen molar-refractivity contribution in [2.24, 2.45) is 4.99 Å². The van der Waals surface area contributed by atoms with E-state index in [0.717, 1.165) is 0 Å². The topological polar surface area (TPSA) is 38.7 Å². The molecule has 0 aromatic carbocycles. The van der Waals surface area contributed by atoms with E-state index in [4.69, 9.17) is 0 Å². The molecule has 0 fully saturated rings. The predicted octanol–water partition coefficient (Wildman–Crippen LogP) is 1.29. The molecule has 0 aromatic rings. The molecule has 52 valence electrons. The van der Waals surface area contributed by atoms with E-state index >= 15 is 0 Å². The Balaban J connectivity index is 2.58. The second-order valence-corrected chi connectivity index (χ2v) is 2.25. The van der Waals surface area contributed by atoms with Crippen molar-refractivity contribution >= 4 is 23.5 Å². The summed E-state index contributed by atoms with van der Waals surface area (Å²) in [5.41, 5.74) is 0. The molecular weight excluding hydrogens is 150 g/mol. The lowest BCUT2D eigenvalue weighted by atomic mass is 10.6. The zero-order chi connectivity index (χ0) is 7.23. The van der Waals surface area contributed by atoms with Gasteiger partial charge >= 0.3 is 0 Å². The molecule has 0 atom stereocenters. The fourth-order valence-electron chi connectivity index (χ4n) is 0.426. The lowest BCUT2D eigenvalue weighted by Crippen LogP contribution is -1.94. The molecule has 0 aromatic heterocycles. The van der Waals surface area contributed by atoms with Gasteiger partial charge in [0.2, 0.25) is 0 Å². The number of aliphatic imine (C=N–C) groups is 1. The SMILES string of the molecule is O=COC1=NC=CC=CS1. The zero-order valence-electron chi connectivity index (χ0n) is 5.06. The molecule has 0 N–H and O–H groups in total. The highest BCUT2D eigenvalue weighted by molar-refractivity contribution is 8.16. The second kappa shape index (κ2) is 3.90. The molecule has 1 rings (SSSR count). The average Bonchev–Trinajstić information content (AvgIpc) is 2.17. The van der Waals surface area contributed by atoms with Crippen LogP contribution in [0.25, 0.3) is 0 Å². The molecule has 1 aliphatic rings. The van der Waals surface area contributed by atoms with E-state index in [1.165, 1.54) is 11.8 Å². The van der Waals surface area contributed by atoms with Gasteiger partial charge in [0, 0.05) is 6.20 Å². The van der Waals surface area contributed by atoms with Gasteiger partial charge in [-0.3, -0.25) is 4.79 Å². The number of allylic oxidation sites excluding steroid dienone is 2. The summed E-state index contributed by atoms with van der Waals surface area (Å²) in [7, 11) is 0. The molecule has 0 bridgehead atoms. The summed E-state index contributed by atoms with van der Waals surface area (Å²) in [6.45, 7) is 0.360. The summed E-state index contributed by atoms with van der Waals surface area (Å²) in [4.78, 5) is 13.6. The summed E-state index contributed by atoms with van der Waals surface area (Å²) < 4.78 is 4.49.